The summed E-state index contributed by atoms with van der Waals surface area (Å²) in [5.74, 6) is -0.857. The van der Waals surface area contributed by atoms with Crippen LogP contribution in [0.5, 0.6) is 0 Å². The van der Waals surface area contributed by atoms with E-state index in [0.29, 0.717) is 12.6 Å². The molecule has 1 N–H and O–H groups in total. The van der Waals surface area contributed by atoms with E-state index < -0.39 is 23.6 Å². The van der Waals surface area contributed by atoms with E-state index in [9.17, 15) is 17.6 Å². The standard InChI is InChI=1S/C16H22F4N2/c1-4-13-8-21-10(2)9-22(13)11(3)14-6-5-12(17)7-15(14)16(18,19)20/h5-7,10-11,13,21H,4,8-9H2,1-3H3/t10-,11?,13+/m0/s1. The number of hydrogen-bond donors (Lipinski definition) is 1. The molecular weight excluding hydrogens is 296 g/mol. The van der Waals surface area contributed by atoms with Gasteiger partial charge in [-0.3, -0.25) is 4.90 Å². The summed E-state index contributed by atoms with van der Waals surface area (Å²) >= 11 is 0. The largest absolute Gasteiger partial charge is 0.416 e. The van der Waals surface area contributed by atoms with Crippen molar-refractivity contribution < 1.29 is 17.6 Å². The van der Waals surface area contributed by atoms with E-state index in [1.54, 1.807) is 6.92 Å². The van der Waals surface area contributed by atoms with Crippen LogP contribution in [0.25, 0.3) is 0 Å². The van der Waals surface area contributed by atoms with Gasteiger partial charge in [0.1, 0.15) is 5.82 Å². The van der Waals surface area contributed by atoms with Gasteiger partial charge in [-0.25, -0.2) is 4.39 Å². The van der Waals surface area contributed by atoms with Crippen molar-refractivity contribution >= 4 is 0 Å². The minimum atomic E-state index is -4.55. The molecule has 1 aliphatic heterocycles. The SMILES string of the molecule is CC[C@@H]1CN[C@@H](C)CN1C(C)c1ccc(F)cc1C(F)(F)F. The van der Waals surface area contributed by atoms with Crippen LogP contribution in [0.3, 0.4) is 0 Å². The first-order valence-electron chi connectivity index (χ1n) is 7.59. The van der Waals surface area contributed by atoms with E-state index in [-0.39, 0.29) is 17.6 Å². The molecule has 1 heterocycles. The maximum atomic E-state index is 13.3. The predicted molar refractivity (Wildman–Crippen MR) is 78.1 cm³/mol. The Labute approximate surface area is 128 Å². The molecule has 2 rings (SSSR count). The number of benzene rings is 1. The van der Waals surface area contributed by atoms with Gasteiger partial charge in [0.05, 0.1) is 5.56 Å². The van der Waals surface area contributed by atoms with Crippen LogP contribution in [0, 0.1) is 5.82 Å². The molecule has 1 aliphatic rings. The molecule has 1 saturated heterocycles. The number of rotatable bonds is 3. The number of halogens is 4. The van der Waals surface area contributed by atoms with Crippen molar-refractivity contribution in [2.24, 2.45) is 0 Å². The zero-order chi connectivity index (χ0) is 16.5. The first-order chi connectivity index (χ1) is 10.2. The summed E-state index contributed by atoms with van der Waals surface area (Å²) in [6.45, 7) is 7.24. The Kier molecular flexibility index (Phi) is 5.12. The van der Waals surface area contributed by atoms with Crippen LogP contribution < -0.4 is 5.32 Å². The minimum absolute atomic E-state index is 0.140. The lowest BCUT2D eigenvalue weighted by Crippen LogP contribution is -2.55. The monoisotopic (exact) mass is 318 g/mol. The van der Waals surface area contributed by atoms with E-state index in [4.69, 9.17) is 0 Å². The van der Waals surface area contributed by atoms with Gasteiger partial charge < -0.3 is 5.32 Å². The first kappa shape index (κ1) is 17.2. The summed E-state index contributed by atoms with van der Waals surface area (Å²) in [5, 5.41) is 3.35. The Morgan fingerprint density at radius 3 is 2.64 bits per heavy atom. The summed E-state index contributed by atoms with van der Waals surface area (Å²) in [5.41, 5.74) is -0.734. The molecule has 2 nitrogen and oxygen atoms in total. The van der Waals surface area contributed by atoms with Crippen molar-refractivity contribution in [3.8, 4) is 0 Å². The van der Waals surface area contributed by atoms with Crippen LogP contribution in [0.1, 0.15) is 44.4 Å². The molecule has 6 heteroatoms. The molecule has 0 bridgehead atoms. The highest BCUT2D eigenvalue weighted by atomic mass is 19.4. The van der Waals surface area contributed by atoms with Gasteiger partial charge in [-0.05, 0) is 38.0 Å². The highest BCUT2D eigenvalue weighted by Crippen LogP contribution is 2.37. The third-order valence-electron chi connectivity index (χ3n) is 4.40. The fourth-order valence-corrected chi connectivity index (χ4v) is 3.15. The molecule has 3 atom stereocenters. The summed E-state index contributed by atoms with van der Waals surface area (Å²) in [7, 11) is 0. The second-order valence-electron chi connectivity index (χ2n) is 5.97. The van der Waals surface area contributed by atoms with Gasteiger partial charge in [0.15, 0.2) is 0 Å². The average Bonchev–Trinajstić information content (AvgIpc) is 2.45. The average molecular weight is 318 g/mol. The summed E-state index contributed by atoms with van der Waals surface area (Å²) in [6.07, 6.45) is -3.69. The highest BCUT2D eigenvalue weighted by Gasteiger charge is 2.37. The molecule has 0 radical (unpaired) electrons. The third-order valence-corrected chi connectivity index (χ3v) is 4.40. The van der Waals surface area contributed by atoms with Crippen LogP contribution in [0.4, 0.5) is 17.6 Å². The van der Waals surface area contributed by atoms with Crippen molar-refractivity contribution in [1.82, 2.24) is 10.2 Å². The topological polar surface area (TPSA) is 15.3 Å². The van der Waals surface area contributed by atoms with Crippen LogP contribution in [0.15, 0.2) is 18.2 Å². The molecule has 1 unspecified atom stereocenters. The van der Waals surface area contributed by atoms with Gasteiger partial charge in [-0.15, -0.1) is 0 Å². The lowest BCUT2D eigenvalue weighted by atomic mass is 9.96. The van der Waals surface area contributed by atoms with E-state index in [1.807, 2.05) is 13.8 Å². The molecule has 1 aromatic carbocycles. The van der Waals surface area contributed by atoms with Crippen molar-refractivity contribution in [3.63, 3.8) is 0 Å². The number of nitrogens with zero attached hydrogens (tertiary/aromatic N) is 1. The van der Waals surface area contributed by atoms with Crippen molar-refractivity contribution in [3.05, 3.63) is 35.1 Å². The lowest BCUT2D eigenvalue weighted by Gasteiger charge is -2.43. The third kappa shape index (κ3) is 3.60. The zero-order valence-electron chi connectivity index (χ0n) is 13.0. The maximum absolute atomic E-state index is 13.3. The van der Waals surface area contributed by atoms with Gasteiger partial charge in [0.25, 0.3) is 0 Å². The molecule has 22 heavy (non-hydrogen) atoms. The Morgan fingerprint density at radius 2 is 2.05 bits per heavy atom. The lowest BCUT2D eigenvalue weighted by molar-refractivity contribution is -0.139. The molecule has 0 amide bonds. The van der Waals surface area contributed by atoms with Crippen molar-refractivity contribution in [2.45, 2.75) is 51.5 Å². The van der Waals surface area contributed by atoms with E-state index in [0.717, 1.165) is 19.0 Å². The van der Waals surface area contributed by atoms with Crippen molar-refractivity contribution in [1.29, 1.82) is 0 Å². The second kappa shape index (κ2) is 6.54. The van der Waals surface area contributed by atoms with Gasteiger partial charge >= 0.3 is 6.18 Å². The van der Waals surface area contributed by atoms with Crippen LogP contribution >= 0.6 is 0 Å². The minimum Gasteiger partial charge on any atom is -0.311 e. The summed E-state index contributed by atoms with van der Waals surface area (Å²) < 4.78 is 52.9. The number of alkyl halides is 3. The normalized spacial score (nSPS) is 25.2. The highest BCUT2D eigenvalue weighted by molar-refractivity contribution is 5.33. The Balaban J connectivity index is 2.37. The Hall–Kier alpha value is -1.14. The maximum Gasteiger partial charge on any atom is 0.416 e. The van der Waals surface area contributed by atoms with Crippen molar-refractivity contribution in [2.75, 3.05) is 13.1 Å². The molecule has 0 aromatic heterocycles. The summed E-state index contributed by atoms with van der Waals surface area (Å²) in [6, 6.07) is 2.96. The molecular formula is C16H22F4N2. The van der Waals surface area contributed by atoms with Gasteiger partial charge in [0.2, 0.25) is 0 Å². The molecule has 0 saturated carbocycles. The Bertz CT molecular complexity index is 515. The molecule has 124 valence electrons. The number of piperazine rings is 1. The quantitative estimate of drug-likeness (QED) is 0.848. The zero-order valence-corrected chi connectivity index (χ0v) is 13.0. The predicted octanol–water partition coefficient (Wildman–Crippen LogP) is 3.98. The van der Waals surface area contributed by atoms with Crippen LogP contribution in [-0.2, 0) is 6.18 Å². The van der Waals surface area contributed by atoms with Crippen LogP contribution in [-0.4, -0.2) is 30.1 Å². The summed E-state index contributed by atoms with van der Waals surface area (Å²) in [4.78, 5) is 2.09. The molecule has 1 aromatic rings. The van der Waals surface area contributed by atoms with Gasteiger partial charge in [0, 0.05) is 31.2 Å². The molecule has 0 aliphatic carbocycles. The van der Waals surface area contributed by atoms with Gasteiger partial charge in [-0.2, -0.15) is 13.2 Å². The first-order valence-corrected chi connectivity index (χ1v) is 7.59. The van der Waals surface area contributed by atoms with Gasteiger partial charge in [-0.1, -0.05) is 13.0 Å². The fraction of sp³-hybridized carbons (Fsp3) is 0.625. The number of nitrogens with one attached hydrogen (secondary N) is 1. The van der Waals surface area contributed by atoms with E-state index in [1.165, 1.54) is 6.07 Å². The smallest absolute Gasteiger partial charge is 0.311 e. The van der Waals surface area contributed by atoms with Crippen LogP contribution in [0.2, 0.25) is 0 Å². The van der Waals surface area contributed by atoms with E-state index >= 15 is 0 Å². The number of hydrogen-bond acceptors (Lipinski definition) is 2. The molecule has 1 fully saturated rings. The fourth-order valence-electron chi connectivity index (χ4n) is 3.15. The molecule has 0 spiro atoms. The Morgan fingerprint density at radius 1 is 1.36 bits per heavy atom. The second-order valence-corrected chi connectivity index (χ2v) is 5.97. The van der Waals surface area contributed by atoms with E-state index in [2.05, 4.69) is 10.2 Å².